The molecule has 7 heteroatoms. The second-order valence-corrected chi connectivity index (χ2v) is 7.13. The fraction of sp³-hybridized carbons (Fsp3) is 0.222. The molecule has 0 unspecified atom stereocenters. The van der Waals surface area contributed by atoms with E-state index in [1.54, 1.807) is 26.8 Å². The first kappa shape index (κ1) is 18.7. The maximum absolute atomic E-state index is 13.5. The summed E-state index contributed by atoms with van der Waals surface area (Å²) in [5, 5.41) is 6.95. The Morgan fingerprint density at radius 1 is 1.16 bits per heavy atom. The van der Waals surface area contributed by atoms with Crippen molar-refractivity contribution < 1.29 is 18.7 Å². The molecule has 0 aliphatic rings. The summed E-state index contributed by atoms with van der Waals surface area (Å²) >= 11 is 1.49. The van der Waals surface area contributed by atoms with Gasteiger partial charge in [0.1, 0.15) is 11.4 Å². The highest BCUT2D eigenvalue weighted by Gasteiger charge is 2.17. The van der Waals surface area contributed by atoms with E-state index in [0.717, 1.165) is 10.9 Å². The summed E-state index contributed by atoms with van der Waals surface area (Å²) in [7, 11) is 0. The van der Waals surface area contributed by atoms with Gasteiger partial charge in [-0.05, 0) is 56.5 Å². The van der Waals surface area contributed by atoms with E-state index in [1.807, 2.05) is 17.5 Å². The quantitative estimate of drug-likeness (QED) is 0.761. The molecule has 0 spiro atoms. The number of amides is 2. The maximum atomic E-state index is 13.5. The van der Waals surface area contributed by atoms with Crippen LogP contribution in [-0.2, 0) is 9.53 Å². The second-order valence-electron chi connectivity index (χ2n) is 6.15. The van der Waals surface area contributed by atoms with Crippen molar-refractivity contribution in [1.29, 1.82) is 0 Å². The molecule has 2 aromatic rings. The molecule has 25 heavy (non-hydrogen) atoms. The first-order valence-electron chi connectivity index (χ1n) is 7.55. The normalized spacial score (nSPS) is 11.4. The average molecular weight is 362 g/mol. The predicted molar refractivity (Wildman–Crippen MR) is 98.2 cm³/mol. The van der Waals surface area contributed by atoms with Crippen LogP contribution in [0.5, 0.6) is 0 Å². The molecule has 0 fully saturated rings. The molecule has 2 rings (SSSR count). The van der Waals surface area contributed by atoms with Crippen molar-refractivity contribution in [1.82, 2.24) is 0 Å². The molecule has 0 aliphatic heterocycles. The van der Waals surface area contributed by atoms with Gasteiger partial charge in [0.15, 0.2) is 0 Å². The van der Waals surface area contributed by atoms with Crippen molar-refractivity contribution >= 4 is 40.8 Å². The molecule has 0 saturated heterocycles. The largest absolute Gasteiger partial charge is 0.444 e. The van der Waals surface area contributed by atoms with E-state index in [4.69, 9.17) is 4.74 Å². The lowest BCUT2D eigenvalue weighted by Crippen LogP contribution is -2.27. The number of carbonyl (C=O) groups excluding carboxylic acids is 2. The Hall–Kier alpha value is -2.67. The number of benzene rings is 1. The highest BCUT2D eigenvalue weighted by molar-refractivity contribution is 7.10. The summed E-state index contributed by atoms with van der Waals surface area (Å²) < 4.78 is 18.7. The summed E-state index contributed by atoms with van der Waals surface area (Å²) in [6.07, 6.45) is 2.30. The van der Waals surface area contributed by atoms with Crippen LogP contribution in [0.15, 0.2) is 41.8 Å². The van der Waals surface area contributed by atoms with Gasteiger partial charge in [-0.2, -0.15) is 0 Å². The Bertz CT molecular complexity index is 780. The molecule has 0 bridgehead atoms. The van der Waals surface area contributed by atoms with Crippen LogP contribution < -0.4 is 10.6 Å². The Balaban J connectivity index is 2.10. The Labute approximate surface area is 149 Å². The fourth-order valence-electron chi connectivity index (χ4n) is 1.86. The Morgan fingerprint density at radius 2 is 1.92 bits per heavy atom. The van der Waals surface area contributed by atoms with Crippen LogP contribution >= 0.6 is 11.3 Å². The molecule has 0 saturated carbocycles. The third-order valence-corrected chi connectivity index (χ3v) is 3.65. The number of carbonyl (C=O) groups is 2. The Kier molecular flexibility index (Phi) is 5.93. The molecule has 0 atom stereocenters. The van der Waals surface area contributed by atoms with Crippen LogP contribution in [0.4, 0.5) is 20.6 Å². The summed E-state index contributed by atoms with van der Waals surface area (Å²) in [5.41, 5.74) is -0.281. The van der Waals surface area contributed by atoms with Crippen molar-refractivity contribution in [3.8, 4) is 0 Å². The van der Waals surface area contributed by atoms with Gasteiger partial charge in [0.25, 0.3) is 0 Å². The van der Waals surface area contributed by atoms with E-state index >= 15 is 0 Å². The van der Waals surface area contributed by atoms with Gasteiger partial charge < -0.3 is 10.1 Å². The van der Waals surface area contributed by atoms with Crippen LogP contribution in [0.3, 0.4) is 0 Å². The molecular weight excluding hydrogens is 343 g/mol. The van der Waals surface area contributed by atoms with Crippen molar-refractivity contribution in [2.24, 2.45) is 0 Å². The lowest BCUT2D eigenvalue weighted by molar-refractivity contribution is -0.111. The summed E-state index contributed by atoms with van der Waals surface area (Å²) in [6.45, 7) is 5.19. The average Bonchev–Trinajstić information content (AvgIpc) is 2.99. The first-order chi connectivity index (χ1) is 11.7. The van der Waals surface area contributed by atoms with Crippen LogP contribution in [0.25, 0.3) is 6.08 Å². The molecule has 132 valence electrons. The zero-order valence-electron chi connectivity index (χ0n) is 14.1. The number of thiophene rings is 1. The molecule has 0 aliphatic carbocycles. The van der Waals surface area contributed by atoms with Gasteiger partial charge in [0.05, 0.1) is 11.4 Å². The molecule has 1 aromatic carbocycles. The third-order valence-electron chi connectivity index (χ3n) is 2.82. The first-order valence-corrected chi connectivity index (χ1v) is 8.43. The topological polar surface area (TPSA) is 67.4 Å². The molecular formula is C18H19FN2O3S. The van der Waals surface area contributed by atoms with Crippen molar-refractivity contribution in [2.75, 3.05) is 10.6 Å². The van der Waals surface area contributed by atoms with Gasteiger partial charge >= 0.3 is 6.09 Å². The van der Waals surface area contributed by atoms with Gasteiger partial charge in [0.2, 0.25) is 5.91 Å². The highest BCUT2D eigenvalue weighted by Crippen LogP contribution is 2.24. The van der Waals surface area contributed by atoms with E-state index in [-0.39, 0.29) is 11.4 Å². The van der Waals surface area contributed by atoms with Crippen molar-refractivity contribution in [2.45, 2.75) is 26.4 Å². The number of anilines is 2. The minimum Gasteiger partial charge on any atom is -0.444 e. The van der Waals surface area contributed by atoms with Crippen LogP contribution in [0.1, 0.15) is 25.6 Å². The fourth-order valence-corrected chi connectivity index (χ4v) is 2.48. The van der Waals surface area contributed by atoms with Crippen LogP contribution in [-0.4, -0.2) is 17.6 Å². The number of halogens is 1. The smallest absolute Gasteiger partial charge is 0.412 e. The zero-order valence-corrected chi connectivity index (χ0v) is 14.9. The molecule has 0 radical (unpaired) electrons. The number of nitrogens with one attached hydrogen (secondary N) is 2. The van der Waals surface area contributed by atoms with Gasteiger partial charge in [-0.3, -0.25) is 10.1 Å². The van der Waals surface area contributed by atoms with E-state index in [1.165, 1.54) is 29.5 Å². The van der Waals surface area contributed by atoms with E-state index in [0.29, 0.717) is 0 Å². The zero-order chi connectivity index (χ0) is 18.4. The lowest BCUT2D eigenvalue weighted by atomic mass is 10.2. The Morgan fingerprint density at radius 3 is 2.56 bits per heavy atom. The number of ether oxygens (including phenoxy) is 1. The van der Waals surface area contributed by atoms with Gasteiger partial charge in [-0.1, -0.05) is 6.07 Å². The minimum atomic E-state index is -0.691. The summed E-state index contributed by atoms with van der Waals surface area (Å²) in [4.78, 5) is 24.8. The SMILES string of the molecule is CC(C)(C)OC(=O)Nc1ccc(F)cc1NC(=O)/C=C/c1cccs1. The lowest BCUT2D eigenvalue weighted by Gasteiger charge is -2.20. The highest BCUT2D eigenvalue weighted by atomic mass is 32.1. The molecule has 5 nitrogen and oxygen atoms in total. The number of hydrogen-bond acceptors (Lipinski definition) is 4. The molecule has 1 heterocycles. The monoisotopic (exact) mass is 362 g/mol. The molecule has 1 aromatic heterocycles. The van der Waals surface area contributed by atoms with E-state index in [2.05, 4.69) is 10.6 Å². The van der Waals surface area contributed by atoms with Crippen LogP contribution in [0, 0.1) is 5.82 Å². The van der Waals surface area contributed by atoms with Crippen molar-refractivity contribution in [3.05, 3.63) is 52.5 Å². The van der Waals surface area contributed by atoms with Gasteiger partial charge in [-0.25, -0.2) is 9.18 Å². The van der Waals surface area contributed by atoms with Gasteiger partial charge in [-0.15, -0.1) is 11.3 Å². The minimum absolute atomic E-state index is 0.145. The third kappa shape index (κ3) is 6.39. The maximum Gasteiger partial charge on any atom is 0.412 e. The molecule has 2 N–H and O–H groups in total. The van der Waals surface area contributed by atoms with Gasteiger partial charge in [0, 0.05) is 11.0 Å². The second kappa shape index (κ2) is 7.94. The number of hydrogen-bond donors (Lipinski definition) is 2. The predicted octanol–water partition coefficient (Wildman–Crippen LogP) is 4.89. The van der Waals surface area contributed by atoms with Crippen LogP contribution in [0.2, 0.25) is 0 Å². The molecule has 2 amide bonds. The summed E-state index contributed by atoms with van der Waals surface area (Å²) in [5.74, 6) is -0.974. The standard InChI is InChI=1S/C18H19FN2O3S/c1-18(2,3)24-17(23)21-14-8-6-12(19)11-15(14)20-16(22)9-7-13-5-4-10-25-13/h4-11H,1-3H3,(H,20,22)(H,21,23)/b9-7+. The van der Waals surface area contributed by atoms with Crippen molar-refractivity contribution in [3.63, 3.8) is 0 Å². The van der Waals surface area contributed by atoms with E-state index in [9.17, 15) is 14.0 Å². The summed E-state index contributed by atoms with van der Waals surface area (Å²) in [6, 6.07) is 7.41. The van der Waals surface area contributed by atoms with E-state index < -0.39 is 23.4 Å². The number of rotatable bonds is 4.